The molecule has 1 atom stereocenters. The van der Waals surface area contributed by atoms with Gasteiger partial charge in [-0.3, -0.25) is 0 Å². The van der Waals surface area contributed by atoms with E-state index >= 15 is 0 Å². The van der Waals surface area contributed by atoms with Crippen molar-refractivity contribution >= 4 is 21.6 Å². The zero-order chi connectivity index (χ0) is 15.9. The smallest absolute Gasteiger partial charge is 0.254 e. The van der Waals surface area contributed by atoms with E-state index in [1.807, 2.05) is 13.0 Å². The molecule has 1 saturated heterocycles. The van der Waals surface area contributed by atoms with Gasteiger partial charge in [0, 0.05) is 37.9 Å². The van der Waals surface area contributed by atoms with Gasteiger partial charge in [0.2, 0.25) is 10.0 Å². The zero-order valence-corrected chi connectivity index (χ0v) is 13.8. The van der Waals surface area contributed by atoms with Crippen LogP contribution in [0.1, 0.15) is 18.5 Å². The molecule has 0 aliphatic carbocycles. The zero-order valence-electron chi connectivity index (χ0n) is 13.0. The third-order valence-corrected chi connectivity index (χ3v) is 5.46. The fourth-order valence-corrected chi connectivity index (χ4v) is 3.58. The van der Waals surface area contributed by atoms with Crippen molar-refractivity contribution in [3.05, 3.63) is 18.1 Å². The summed E-state index contributed by atoms with van der Waals surface area (Å²) < 4.78 is 26.7. The van der Waals surface area contributed by atoms with E-state index < -0.39 is 10.0 Å². The van der Waals surface area contributed by atoms with Crippen molar-refractivity contribution in [1.29, 1.82) is 0 Å². The molecule has 0 spiro atoms. The van der Waals surface area contributed by atoms with Crippen LogP contribution in [0.5, 0.6) is 0 Å². The highest BCUT2D eigenvalue weighted by molar-refractivity contribution is 7.88. The molecule has 3 rings (SSSR count). The van der Waals surface area contributed by atoms with Crippen molar-refractivity contribution < 1.29 is 8.42 Å². The van der Waals surface area contributed by atoms with E-state index in [2.05, 4.69) is 20.0 Å². The molecule has 1 aliphatic rings. The number of aromatic nitrogens is 4. The van der Waals surface area contributed by atoms with Gasteiger partial charge in [-0.1, -0.05) is 0 Å². The summed E-state index contributed by atoms with van der Waals surface area (Å²) in [6.07, 6.45) is 4.53. The Balaban J connectivity index is 1.92. The van der Waals surface area contributed by atoms with Crippen LogP contribution in [-0.2, 0) is 10.0 Å². The van der Waals surface area contributed by atoms with Crippen LogP contribution in [0.2, 0.25) is 0 Å². The Morgan fingerprint density at radius 3 is 2.91 bits per heavy atom. The molecule has 0 N–H and O–H groups in total. The average molecular weight is 324 g/mol. The molecule has 0 bridgehead atoms. The van der Waals surface area contributed by atoms with Crippen molar-refractivity contribution in [2.24, 2.45) is 0 Å². The lowest BCUT2D eigenvalue weighted by molar-refractivity contribution is 0.321. The van der Waals surface area contributed by atoms with Gasteiger partial charge in [-0.15, -0.1) is 0 Å². The van der Waals surface area contributed by atoms with Crippen molar-refractivity contribution in [3.63, 3.8) is 0 Å². The lowest BCUT2D eigenvalue weighted by atomic mass is 10.1. The predicted octanol–water partition coefficient (Wildman–Crippen LogP) is 0.293. The molecular weight excluding hydrogens is 304 g/mol. The van der Waals surface area contributed by atoms with Crippen molar-refractivity contribution in [2.75, 3.05) is 31.3 Å². The van der Waals surface area contributed by atoms with Crippen LogP contribution in [0.15, 0.2) is 12.4 Å². The molecule has 1 fully saturated rings. The lowest BCUT2D eigenvalue weighted by Crippen LogP contribution is -2.48. The monoisotopic (exact) mass is 324 g/mol. The Kier molecular flexibility index (Phi) is 3.77. The highest BCUT2D eigenvalue weighted by Crippen LogP contribution is 2.23. The Hall–Kier alpha value is -1.74. The summed E-state index contributed by atoms with van der Waals surface area (Å²) >= 11 is 0. The number of aryl methyl sites for hydroxylation is 1. The number of hydrogen-bond acceptors (Lipinski definition) is 6. The molecule has 2 aromatic rings. The van der Waals surface area contributed by atoms with Crippen molar-refractivity contribution in [3.8, 4) is 0 Å². The Morgan fingerprint density at radius 1 is 1.41 bits per heavy atom. The molecule has 0 radical (unpaired) electrons. The normalized spacial score (nSPS) is 20.0. The Morgan fingerprint density at radius 2 is 2.18 bits per heavy atom. The minimum atomic E-state index is -3.19. The summed E-state index contributed by atoms with van der Waals surface area (Å²) in [5.41, 5.74) is 0.870. The second kappa shape index (κ2) is 5.47. The number of anilines is 1. The number of piperidine rings is 1. The van der Waals surface area contributed by atoms with Gasteiger partial charge < -0.3 is 4.90 Å². The minimum absolute atomic E-state index is 0.0317. The molecule has 120 valence electrons. The van der Waals surface area contributed by atoms with Gasteiger partial charge >= 0.3 is 0 Å². The topological polar surface area (TPSA) is 83.7 Å². The molecule has 0 saturated carbocycles. The average Bonchev–Trinajstić information content (AvgIpc) is 2.92. The number of hydrogen-bond donors (Lipinski definition) is 0. The third kappa shape index (κ3) is 2.78. The van der Waals surface area contributed by atoms with Gasteiger partial charge in [0.25, 0.3) is 5.78 Å². The van der Waals surface area contributed by atoms with Crippen molar-refractivity contribution in [1.82, 2.24) is 23.9 Å². The minimum Gasteiger partial charge on any atom is -0.355 e. The Labute approximate surface area is 129 Å². The lowest BCUT2D eigenvalue weighted by Gasteiger charge is -2.37. The second-order valence-electron chi connectivity index (χ2n) is 5.75. The molecular formula is C13H20N6O2S. The number of nitrogens with zero attached hydrogens (tertiary/aromatic N) is 6. The summed E-state index contributed by atoms with van der Waals surface area (Å²) in [5, 5.41) is 4.22. The molecule has 2 aromatic heterocycles. The maximum absolute atomic E-state index is 11.8. The largest absolute Gasteiger partial charge is 0.355 e. The van der Waals surface area contributed by atoms with Crippen molar-refractivity contribution in [2.45, 2.75) is 25.8 Å². The van der Waals surface area contributed by atoms with E-state index in [0.29, 0.717) is 12.3 Å². The number of sulfonamides is 1. The number of likely N-dealkylation sites (N-methyl/N-ethyl adjacent to an activating group) is 1. The first-order valence-corrected chi connectivity index (χ1v) is 9.06. The second-order valence-corrected chi connectivity index (χ2v) is 7.79. The van der Waals surface area contributed by atoms with Crippen LogP contribution in [0, 0.1) is 6.92 Å². The highest BCUT2D eigenvalue weighted by Gasteiger charge is 2.29. The third-order valence-electron chi connectivity index (χ3n) is 4.12. The predicted molar refractivity (Wildman–Crippen MR) is 83.4 cm³/mol. The van der Waals surface area contributed by atoms with Crippen LogP contribution in [0.3, 0.4) is 0 Å². The van der Waals surface area contributed by atoms with Crippen LogP contribution in [-0.4, -0.2) is 64.7 Å². The molecule has 8 nitrogen and oxygen atoms in total. The molecule has 1 aliphatic heterocycles. The van der Waals surface area contributed by atoms with Gasteiger partial charge in [-0.25, -0.2) is 17.7 Å². The summed E-state index contributed by atoms with van der Waals surface area (Å²) in [6, 6.07) is 1.93. The molecule has 0 amide bonds. The maximum Gasteiger partial charge on any atom is 0.254 e. The van der Waals surface area contributed by atoms with E-state index in [0.717, 1.165) is 30.9 Å². The molecule has 9 heteroatoms. The van der Waals surface area contributed by atoms with Crippen LogP contribution >= 0.6 is 0 Å². The number of rotatable bonds is 3. The summed E-state index contributed by atoms with van der Waals surface area (Å²) in [7, 11) is -1.54. The van der Waals surface area contributed by atoms with E-state index in [-0.39, 0.29) is 6.04 Å². The van der Waals surface area contributed by atoms with E-state index in [4.69, 9.17) is 0 Å². The summed E-state index contributed by atoms with van der Waals surface area (Å²) in [4.78, 5) is 10.6. The first-order chi connectivity index (χ1) is 10.4. The van der Waals surface area contributed by atoms with Crippen LogP contribution < -0.4 is 4.90 Å². The first kappa shape index (κ1) is 15.2. The highest BCUT2D eigenvalue weighted by atomic mass is 32.2. The van der Waals surface area contributed by atoms with Gasteiger partial charge in [0.05, 0.1) is 6.26 Å². The number of fused-ring (bicyclic) bond motifs is 1. The Bertz CT molecular complexity index is 787. The summed E-state index contributed by atoms with van der Waals surface area (Å²) in [6.45, 7) is 3.43. The van der Waals surface area contributed by atoms with E-state index in [9.17, 15) is 8.42 Å². The molecule has 0 aromatic carbocycles. The SMILES string of the molecule is Cc1cc(N2CCCC(N(C)S(C)(=O)=O)C2)n2ncnc2n1. The van der Waals surface area contributed by atoms with Gasteiger partial charge in [0.1, 0.15) is 12.1 Å². The van der Waals surface area contributed by atoms with Gasteiger partial charge in [-0.2, -0.15) is 14.6 Å². The van der Waals surface area contributed by atoms with Crippen LogP contribution in [0.4, 0.5) is 5.82 Å². The maximum atomic E-state index is 11.8. The molecule has 22 heavy (non-hydrogen) atoms. The van der Waals surface area contributed by atoms with E-state index in [1.165, 1.54) is 16.9 Å². The van der Waals surface area contributed by atoms with E-state index in [1.54, 1.807) is 11.6 Å². The molecule has 1 unspecified atom stereocenters. The van der Waals surface area contributed by atoms with Gasteiger partial charge in [0.15, 0.2) is 0 Å². The molecule has 3 heterocycles. The summed E-state index contributed by atoms with van der Waals surface area (Å²) in [5.74, 6) is 1.47. The fourth-order valence-electron chi connectivity index (χ4n) is 2.87. The quantitative estimate of drug-likeness (QED) is 0.807. The van der Waals surface area contributed by atoms with Gasteiger partial charge in [-0.05, 0) is 19.8 Å². The fraction of sp³-hybridized carbons (Fsp3) is 0.615. The van der Waals surface area contributed by atoms with Crippen LogP contribution in [0.25, 0.3) is 5.78 Å². The first-order valence-electron chi connectivity index (χ1n) is 7.21. The standard InChI is InChI=1S/C13H20N6O2S/c1-10-7-12(19-13(16-10)14-9-15-19)18-6-4-5-11(8-18)17(2)22(3,20)21/h7,9,11H,4-6,8H2,1-3H3.